The summed E-state index contributed by atoms with van der Waals surface area (Å²) in [5.41, 5.74) is 1.79. The monoisotopic (exact) mass is 415 g/mol. The van der Waals surface area contributed by atoms with Crippen LogP contribution in [0.15, 0.2) is 43.0 Å². The molecule has 1 aliphatic heterocycles. The molecular weight excluding hydrogens is 394 g/mol. The van der Waals surface area contributed by atoms with E-state index in [1.54, 1.807) is 18.2 Å². The van der Waals surface area contributed by atoms with Gasteiger partial charge in [-0.05, 0) is 24.1 Å². The Hall–Kier alpha value is -3.59. The van der Waals surface area contributed by atoms with Crippen molar-refractivity contribution in [3.63, 3.8) is 0 Å². The minimum absolute atomic E-state index is 0.0243. The van der Waals surface area contributed by atoms with Crippen molar-refractivity contribution in [2.45, 2.75) is 19.6 Å². The number of ether oxygens (including phenoxy) is 5. The number of rotatable bonds is 9. The Balaban J connectivity index is 1.63. The van der Waals surface area contributed by atoms with Crippen molar-refractivity contribution >= 4 is 11.7 Å². The first-order valence-corrected chi connectivity index (χ1v) is 9.08. The molecule has 158 valence electrons. The minimum Gasteiger partial charge on any atom is -0.493 e. The van der Waals surface area contributed by atoms with E-state index in [4.69, 9.17) is 23.7 Å². The fourth-order valence-corrected chi connectivity index (χ4v) is 2.95. The third kappa shape index (κ3) is 5.06. The molecule has 2 aromatic carbocycles. The van der Waals surface area contributed by atoms with Crippen molar-refractivity contribution in [1.82, 2.24) is 0 Å². The van der Waals surface area contributed by atoms with Crippen LogP contribution in [0.3, 0.4) is 0 Å². The Morgan fingerprint density at radius 3 is 2.87 bits per heavy atom. The van der Waals surface area contributed by atoms with E-state index in [1.165, 1.54) is 19.2 Å². The van der Waals surface area contributed by atoms with Gasteiger partial charge in [0.25, 0.3) is 5.69 Å². The van der Waals surface area contributed by atoms with Crippen LogP contribution in [0.2, 0.25) is 0 Å². The van der Waals surface area contributed by atoms with Gasteiger partial charge < -0.3 is 23.7 Å². The van der Waals surface area contributed by atoms with Crippen LogP contribution in [0.5, 0.6) is 17.2 Å². The number of allylic oxidation sites excluding steroid dienone is 1. The zero-order valence-corrected chi connectivity index (χ0v) is 16.4. The number of nitro benzene ring substituents is 1. The summed E-state index contributed by atoms with van der Waals surface area (Å²) in [4.78, 5) is 22.8. The molecule has 0 unspecified atom stereocenters. The average Bonchev–Trinajstić information content (AvgIpc) is 2.76. The lowest BCUT2D eigenvalue weighted by atomic mass is 10.1. The second kappa shape index (κ2) is 9.75. The first-order chi connectivity index (χ1) is 14.5. The molecular formula is C21H21NO8. The third-order valence-corrected chi connectivity index (χ3v) is 4.32. The van der Waals surface area contributed by atoms with Crippen LogP contribution in [0.1, 0.15) is 16.7 Å². The molecule has 0 atom stereocenters. The Morgan fingerprint density at radius 1 is 1.30 bits per heavy atom. The number of esters is 1. The van der Waals surface area contributed by atoms with Gasteiger partial charge in [0.15, 0.2) is 24.9 Å². The number of fused-ring (bicyclic) bond motifs is 1. The smallest absolute Gasteiger partial charge is 0.344 e. The lowest BCUT2D eigenvalue weighted by molar-refractivity contribution is -0.385. The lowest BCUT2D eigenvalue weighted by Gasteiger charge is -2.20. The number of benzene rings is 2. The van der Waals surface area contributed by atoms with Crippen LogP contribution >= 0.6 is 0 Å². The average molecular weight is 415 g/mol. The van der Waals surface area contributed by atoms with E-state index in [9.17, 15) is 14.9 Å². The van der Waals surface area contributed by atoms with E-state index < -0.39 is 10.9 Å². The molecule has 0 fully saturated rings. The molecule has 3 rings (SSSR count). The van der Waals surface area contributed by atoms with Crippen molar-refractivity contribution in [2.75, 3.05) is 20.5 Å². The number of carbonyl (C=O) groups excluding carboxylic acids is 1. The predicted octanol–water partition coefficient (Wildman–Crippen LogP) is 3.32. The lowest BCUT2D eigenvalue weighted by Crippen LogP contribution is -2.17. The molecule has 9 heteroatoms. The Kier molecular flexibility index (Phi) is 6.87. The maximum absolute atomic E-state index is 12.1. The first kappa shape index (κ1) is 21.1. The largest absolute Gasteiger partial charge is 0.493 e. The molecule has 0 N–H and O–H groups in total. The Labute approximate surface area is 172 Å². The summed E-state index contributed by atoms with van der Waals surface area (Å²) in [6.45, 7) is 3.36. The molecule has 0 aliphatic carbocycles. The number of methoxy groups -OCH3 is 1. The van der Waals surface area contributed by atoms with Crippen LogP contribution in [0, 0.1) is 10.1 Å². The van der Waals surface area contributed by atoms with Crippen molar-refractivity contribution in [3.8, 4) is 17.2 Å². The predicted molar refractivity (Wildman–Crippen MR) is 106 cm³/mol. The summed E-state index contributed by atoms with van der Waals surface area (Å²) in [6, 6.07) is 8.05. The first-order valence-electron chi connectivity index (χ1n) is 9.08. The fraction of sp³-hybridized carbons (Fsp3) is 0.286. The fourth-order valence-electron chi connectivity index (χ4n) is 2.95. The second-order valence-corrected chi connectivity index (χ2v) is 6.39. The number of hydrogen-bond acceptors (Lipinski definition) is 8. The van der Waals surface area contributed by atoms with Gasteiger partial charge >= 0.3 is 5.97 Å². The standard InChI is InChI=1S/C21H21NO8/c1-3-4-14-5-6-18(19(7-14)26-2)28-12-20(23)29-11-16-9-17(22(24)25)8-15-10-27-13-30-21(15)16/h3,5-9H,1,4,10-13H2,2H3. The summed E-state index contributed by atoms with van der Waals surface area (Å²) in [6.07, 6.45) is 2.45. The molecule has 0 bridgehead atoms. The molecule has 1 heterocycles. The van der Waals surface area contributed by atoms with Crippen molar-refractivity contribution < 1.29 is 33.4 Å². The van der Waals surface area contributed by atoms with Gasteiger partial charge in [0.2, 0.25) is 0 Å². The number of nitrogens with zero attached hydrogens (tertiary/aromatic N) is 1. The molecule has 0 saturated carbocycles. The van der Waals surface area contributed by atoms with Crippen molar-refractivity contribution in [1.29, 1.82) is 0 Å². The van der Waals surface area contributed by atoms with E-state index in [-0.39, 0.29) is 32.3 Å². The highest BCUT2D eigenvalue weighted by Gasteiger charge is 2.22. The molecule has 2 aromatic rings. The number of hydrogen-bond donors (Lipinski definition) is 0. The summed E-state index contributed by atoms with van der Waals surface area (Å²) in [5, 5.41) is 11.1. The third-order valence-electron chi connectivity index (χ3n) is 4.32. The molecule has 0 radical (unpaired) electrons. The van der Waals surface area contributed by atoms with Crippen LogP contribution < -0.4 is 14.2 Å². The molecule has 0 saturated heterocycles. The van der Waals surface area contributed by atoms with E-state index in [2.05, 4.69) is 6.58 Å². The van der Waals surface area contributed by atoms with Gasteiger partial charge in [0.05, 0.1) is 18.6 Å². The van der Waals surface area contributed by atoms with Crippen molar-refractivity contribution in [3.05, 3.63) is 69.8 Å². The van der Waals surface area contributed by atoms with Gasteiger partial charge in [-0.2, -0.15) is 0 Å². The molecule has 30 heavy (non-hydrogen) atoms. The minimum atomic E-state index is -0.639. The second-order valence-electron chi connectivity index (χ2n) is 6.39. The SMILES string of the molecule is C=CCc1ccc(OCC(=O)OCc2cc([N+](=O)[O-])cc3c2OCOC3)c(OC)c1. The van der Waals surface area contributed by atoms with Crippen LogP contribution in [0.4, 0.5) is 5.69 Å². The molecule has 0 amide bonds. The number of non-ortho nitro benzene ring substituents is 1. The van der Waals surface area contributed by atoms with E-state index in [1.807, 2.05) is 6.07 Å². The molecule has 1 aliphatic rings. The maximum Gasteiger partial charge on any atom is 0.344 e. The molecule has 9 nitrogen and oxygen atoms in total. The highest BCUT2D eigenvalue weighted by Crippen LogP contribution is 2.33. The normalized spacial score (nSPS) is 12.3. The van der Waals surface area contributed by atoms with Gasteiger partial charge in [-0.15, -0.1) is 6.58 Å². The van der Waals surface area contributed by atoms with Crippen LogP contribution in [-0.2, 0) is 33.9 Å². The maximum atomic E-state index is 12.1. The van der Waals surface area contributed by atoms with Gasteiger partial charge in [0.1, 0.15) is 12.4 Å². The van der Waals surface area contributed by atoms with E-state index in [0.717, 1.165) is 5.56 Å². The van der Waals surface area contributed by atoms with Gasteiger partial charge in [-0.25, -0.2) is 4.79 Å². The highest BCUT2D eigenvalue weighted by atomic mass is 16.7. The van der Waals surface area contributed by atoms with Gasteiger partial charge in [0, 0.05) is 23.3 Å². The van der Waals surface area contributed by atoms with Crippen LogP contribution in [-0.4, -0.2) is 31.4 Å². The zero-order valence-electron chi connectivity index (χ0n) is 16.4. The van der Waals surface area contributed by atoms with Gasteiger partial charge in [-0.3, -0.25) is 10.1 Å². The topological polar surface area (TPSA) is 106 Å². The summed E-state index contributed by atoms with van der Waals surface area (Å²) in [7, 11) is 1.51. The quantitative estimate of drug-likeness (QED) is 0.266. The Morgan fingerprint density at radius 2 is 2.13 bits per heavy atom. The number of carbonyl (C=O) groups is 1. The summed E-state index contributed by atoms with van der Waals surface area (Å²) < 4.78 is 26.6. The summed E-state index contributed by atoms with van der Waals surface area (Å²) in [5.74, 6) is 0.679. The van der Waals surface area contributed by atoms with E-state index >= 15 is 0 Å². The number of nitro groups is 1. The Bertz CT molecular complexity index is 956. The molecule has 0 spiro atoms. The molecule has 0 aromatic heterocycles. The van der Waals surface area contributed by atoms with E-state index in [0.29, 0.717) is 34.8 Å². The highest BCUT2D eigenvalue weighted by molar-refractivity contribution is 5.71. The summed E-state index contributed by atoms with van der Waals surface area (Å²) >= 11 is 0. The zero-order chi connectivity index (χ0) is 21.5. The van der Waals surface area contributed by atoms with Gasteiger partial charge in [-0.1, -0.05) is 12.1 Å². The van der Waals surface area contributed by atoms with Crippen LogP contribution in [0.25, 0.3) is 0 Å². The van der Waals surface area contributed by atoms with Crippen molar-refractivity contribution in [2.24, 2.45) is 0 Å².